The first-order valence-electron chi connectivity index (χ1n) is 5.02. The Morgan fingerprint density at radius 2 is 2.31 bits per heavy atom. The average Bonchev–Trinajstić information content (AvgIpc) is 2.87. The lowest BCUT2D eigenvalue weighted by molar-refractivity contribution is 0.554. The molecule has 16 heavy (non-hydrogen) atoms. The zero-order valence-corrected chi connectivity index (χ0v) is 11.3. The van der Waals surface area contributed by atoms with E-state index >= 15 is 0 Å². The Bertz CT molecular complexity index is 454. The van der Waals surface area contributed by atoms with E-state index < -0.39 is 0 Å². The summed E-state index contributed by atoms with van der Waals surface area (Å²) in [6, 6.07) is 3.75. The molecule has 0 atom stereocenters. The Morgan fingerprint density at radius 3 is 3.00 bits per heavy atom. The van der Waals surface area contributed by atoms with Gasteiger partial charge < -0.3 is 9.73 Å². The van der Waals surface area contributed by atoms with E-state index in [1.165, 1.54) is 0 Å². The second-order valence-electron chi connectivity index (χ2n) is 3.31. The Hall–Kier alpha value is -0.720. The van der Waals surface area contributed by atoms with E-state index in [9.17, 15) is 0 Å². The number of aryl methyl sites for hydroxylation is 1. The van der Waals surface area contributed by atoms with Crippen molar-refractivity contribution in [2.45, 2.75) is 12.8 Å². The van der Waals surface area contributed by atoms with Crippen LogP contribution in [0.3, 0.4) is 0 Å². The number of rotatable bonds is 5. The van der Waals surface area contributed by atoms with Gasteiger partial charge in [-0.25, -0.2) is 0 Å². The third kappa shape index (κ3) is 2.90. The Kier molecular flexibility index (Phi) is 4.09. The van der Waals surface area contributed by atoms with Crippen molar-refractivity contribution in [1.29, 1.82) is 0 Å². The normalized spacial score (nSPS) is 10.9. The van der Waals surface area contributed by atoms with Gasteiger partial charge in [-0.15, -0.1) is 10.2 Å². The minimum absolute atomic E-state index is 0.717. The number of nitrogens with one attached hydrogen (secondary N) is 1. The van der Waals surface area contributed by atoms with Gasteiger partial charge in [0.05, 0.1) is 0 Å². The van der Waals surface area contributed by atoms with Gasteiger partial charge in [0.15, 0.2) is 15.4 Å². The number of furan rings is 1. The number of hydrogen-bond donors (Lipinski definition) is 1. The molecule has 0 aromatic carbocycles. The molecule has 2 aromatic rings. The summed E-state index contributed by atoms with van der Waals surface area (Å²) in [5.74, 6) is 0.768. The zero-order valence-electron chi connectivity index (χ0n) is 8.86. The summed E-state index contributed by atoms with van der Waals surface area (Å²) >= 11 is 4.85. The molecule has 2 heterocycles. The Morgan fingerprint density at radius 1 is 1.44 bits per heavy atom. The number of halogens is 1. The maximum absolute atomic E-state index is 5.42. The van der Waals surface area contributed by atoms with E-state index in [1.54, 1.807) is 11.3 Å². The zero-order chi connectivity index (χ0) is 11.4. The molecule has 4 nitrogen and oxygen atoms in total. The lowest BCUT2D eigenvalue weighted by atomic mass is 10.3. The predicted octanol–water partition coefficient (Wildman–Crippen LogP) is 2.71. The first-order chi connectivity index (χ1) is 7.79. The molecule has 0 aliphatic rings. The topological polar surface area (TPSA) is 51.0 Å². The minimum atomic E-state index is 0.717. The van der Waals surface area contributed by atoms with Gasteiger partial charge in [-0.2, -0.15) is 0 Å². The van der Waals surface area contributed by atoms with Crippen LogP contribution in [0.1, 0.15) is 11.4 Å². The van der Waals surface area contributed by atoms with E-state index in [1.807, 2.05) is 19.2 Å². The van der Waals surface area contributed by atoms with Crippen LogP contribution in [0.15, 0.2) is 21.2 Å². The van der Waals surface area contributed by atoms with Crippen LogP contribution in [-0.2, 0) is 6.42 Å². The van der Waals surface area contributed by atoms with Crippen molar-refractivity contribution in [3.63, 3.8) is 0 Å². The van der Waals surface area contributed by atoms with Crippen LogP contribution >= 0.6 is 27.3 Å². The van der Waals surface area contributed by atoms with Crippen LogP contribution in [0.2, 0.25) is 0 Å². The van der Waals surface area contributed by atoms with Crippen molar-refractivity contribution in [2.24, 2.45) is 0 Å². The summed E-state index contributed by atoms with van der Waals surface area (Å²) in [6.45, 7) is 1.00. The highest BCUT2D eigenvalue weighted by Crippen LogP contribution is 2.27. The molecule has 1 N–H and O–H groups in total. The molecule has 0 aliphatic heterocycles. The number of hydrogen-bond acceptors (Lipinski definition) is 5. The first kappa shape index (κ1) is 11.8. The van der Waals surface area contributed by atoms with E-state index in [0.29, 0.717) is 0 Å². The van der Waals surface area contributed by atoms with Gasteiger partial charge in [-0.1, -0.05) is 11.3 Å². The van der Waals surface area contributed by atoms with Crippen molar-refractivity contribution in [3.8, 4) is 10.8 Å². The molecule has 0 aliphatic carbocycles. The van der Waals surface area contributed by atoms with Crippen molar-refractivity contribution in [1.82, 2.24) is 15.5 Å². The lowest BCUT2D eigenvalue weighted by Crippen LogP contribution is -2.08. The molecule has 2 aromatic heterocycles. The molecule has 0 bridgehead atoms. The minimum Gasteiger partial charge on any atom is -0.447 e. The van der Waals surface area contributed by atoms with Crippen molar-refractivity contribution < 1.29 is 4.42 Å². The molecule has 2 rings (SSSR count). The highest BCUT2D eigenvalue weighted by molar-refractivity contribution is 9.10. The molecule has 0 spiro atoms. The third-order valence-corrected chi connectivity index (χ3v) is 3.49. The van der Waals surface area contributed by atoms with Gasteiger partial charge in [0.25, 0.3) is 0 Å². The second-order valence-corrected chi connectivity index (χ2v) is 5.16. The highest BCUT2D eigenvalue weighted by Gasteiger charge is 2.09. The number of aromatic nitrogens is 2. The van der Waals surface area contributed by atoms with E-state index in [-0.39, 0.29) is 0 Å². The molecule has 86 valence electrons. The lowest BCUT2D eigenvalue weighted by Gasteiger charge is -1.94. The summed E-state index contributed by atoms with van der Waals surface area (Å²) in [5, 5.41) is 13.3. The summed E-state index contributed by atoms with van der Waals surface area (Å²) < 4.78 is 6.14. The standard InChI is InChI=1S/C10H12BrN3OS/c1-12-6-2-3-9-13-14-10(16-9)7-4-5-8(11)15-7/h4-5,12H,2-3,6H2,1H3. The molecular weight excluding hydrogens is 290 g/mol. The van der Waals surface area contributed by atoms with Gasteiger partial charge in [0.1, 0.15) is 5.01 Å². The molecular formula is C10H12BrN3OS. The van der Waals surface area contributed by atoms with Crippen molar-refractivity contribution in [2.75, 3.05) is 13.6 Å². The summed E-state index contributed by atoms with van der Waals surface area (Å²) in [7, 11) is 1.95. The van der Waals surface area contributed by atoms with Crippen LogP contribution < -0.4 is 5.32 Å². The maximum atomic E-state index is 5.42. The van der Waals surface area contributed by atoms with E-state index in [0.717, 1.165) is 39.8 Å². The molecule has 0 amide bonds. The fraction of sp³-hybridized carbons (Fsp3) is 0.400. The average molecular weight is 302 g/mol. The third-order valence-electron chi connectivity index (χ3n) is 2.07. The van der Waals surface area contributed by atoms with E-state index in [4.69, 9.17) is 4.42 Å². The monoisotopic (exact) mass is 301 g/mol. The molecule has 6 heteroatoms. The first-order valence-corrected chi connectivity index (χ1v) is 6.63. The quantitative estimate of drug-likeness (QED) is 0.863. The van der Waals surface area contributed by atoms with Crippen LogP contribution in [0.4, 0.5) is 0 Å². The predicted molar refractivity (Wildman–Crippen MR) is 67.6 cm³/mol. The molecule has 0 radical (unpaired) electrons. The van der Waals surface area contributed by atoms with Crippen LogP contribution in [0, 0.1) is 0 Å². The SMILES string of the molecule is CNCCCc1nnc(-c2ccc(Br)o2)s1. The summed E-state index contributed by atoms with van der Waals surface area (Å²) in [4.78, 5) is 0. The summed E-state index contributed by atoms with van der Waals surface area (Å²) in [5.41, 5.74) is 0. The second kappa shape index (κ2) is 5.56. The van der Waals surface area contributed by atoms with Gasteiger partial charge in [-0.3, -0.25) is 0 Å². The van der Waals surface area contributed by atoms with Crippen LogP contribution in [0.5, 0.6) is 0 Å². The maximum Gasteiger partial charge on any atom is 0.183 e. The largest absolute Gasteiger partial charge is 0.447 e. The van der Waals surface area contributed by atoms with Gasteiger partial charge in [-0.05, 0) is 48.1 Å². The van der Waals surface area contributed by atoms with Crippen LogP contribution in [0.25, 0.3) is 10.8 Å². The van der Waals surface area contributed by atoms with Gasteiger partial charge in [0, 0.05) is 6.42 Å². The number of nitrogens with zero attached hydrogens (tertiary/aromatic N) is 2. The molecule has 0 fully saturated rings. The Balaban J connectivity index is 2.02. The molecule has 0 unspecified atom stereocenters. The molecule has 0 saturated carbocycles. The highest BCUT2D eigenvalue weighted by atomic mass is 79.9. The van der Waals surface area contributed by atoms with Gasteiger partial charge in [0.2, 0.25) is 0 Å². The molecule has 0 saturated heterocycles. The van der Waals surface area contributed by atoms with E-state index in [2.05, 4.69) is 31.4 Å². The fourth-order valence-electron chi connectivity index (χ4n) is 1.30. The van der Waals surface area contributed by atoms with Gasteiger partial charge >= 0.3 is 0 Å². The van der Waals surface area contributed by atoms with Crippen molar-refractivity contribution in [3.05, 3.63) is 21.8 Å². The Labute approximate surface area is 106 Å². The smallest absolute Gasteiger partial charge is 0.183 e. The van der Waals surface area contributed by atoms with Crippen LogP contribution in [-0.4, -0.2) is 23.8 Å². The fourth-order valence-corrected chi connectivity index (χ4v) is 2.45. The van der Waals surface area contributed by atoms with Crippen molar-refractivity contribution >= 4 is 27.3 Å². The summed E-state index contributed by atoms with van der Waals surface area (Å²) in [6.07, 6.45) is 2.04.